The topological polar surface area (TPSA) is 39.2 Å². The fourth-order valence-electron chi connectivity index (χ4n) is 2.34. The van der Waals surface area contributed by atoms with Gasteiger partial charge in [-0.15, -0.1) is 0 Å². The molecule has 1 aromatic heterocycles. The Kier molecular flexibility index (Phi) is 4.57. The van der Waals surface area contributed by atoms with E-state index in [9.17, 15) is 13.6 Å². The van der Waals surface area contributed by atoms with Gasteiger partial charge in [0.15, 0.2) is 11.6 Å². The van der Waals surface area contributed by atoms with E-state index in [1.165, 1.54) is 24.4 Å². The number of carbonyl (C=O) groups is 1. The Labute approximate surface area is 143 Å². The van der Waals surface area contributed by atoms with E-state index in [2.05, 4.69) is 4.98 Å². The number of esters is 1. The molecule has 3 aromatic rings. The van der Waals surface area contributed by atoms with Gasteiger partial charge in [-0.05, 0) is 37.6 Å². The lowest BCUT2D eigenvalue weighted by Crippen LogP contribution is -2.12. The summed E-state index contributed by atoms with van der Waals surface area (Å²) in [6.45, 7) is 3.68. The molecule has 0 saturated carbocycles. The maximum atomic E-state index is 14.4. The summed E-state index contributed by atoms with van der Waals surface area (Å²) in [5.74, 6) is -3.13. The maximum Gasteiger partial charge on any atom is 0.346 e. The SMILES string of the molecule is Cc1ccc(-c2ccc(C(=O)Oc3ccc(C)nc3)c(F)c2F)cc1. The van der Waals surface area contributed by atoms with Gasteiger partial charge in [-0.3, -0.25) is 4.98 Å². The highest BCUT2D eigenvalue weighted by atomic mass is 19.2. The number of benzene rings is 2. The van der Waals surface area contributed by atoms with Crippen molar-refractivity contribution in [2.75, 3.05) is 0 Å². The van der Waals surface area contributed by atoms with Crippen LogP contribution in [0.2, 0.25) is 0 Å². The van der Waals surface area contributed by atoms with E-state index in [1.807, 2.05) is 6.92 Å². The average Bonchev–Trinajstić information content (AvgIpc) is 2.60. The van der Waals surface area contributed by atoms with Crippen molar-refractivity contribution in [3.8, 4) is 16.9 Å². The summed E-state index contributed by atoms with van der Waals surface area (Å²) in [4.78, 5) is 16.1. The van der Waals surface area contributed by atoms with Crippen LogP contribution < -0.4 is 4.74 Å². The van der Waals surface area contributed by atoms with Gasteiger partial charge in [0.25, 0.3) is 0 Å². The summed E-state index contributed by atoms with van der Waals surface area (Å²) in [6.07, 6.45) is 1.35. The van der Waals surface area contributed by atoms with Gasteiger partial charge in [-0.1, -0.05) is 35.9 Å². The molecule has 0 fully saturated rings. The summed E-state index contributed by atoms with van der Waals surface area (Å²) in [5.41, 5.74) is 1.92. The third-order valence-corrected chi connectivity index (χ3v) is 3.76. The lowest BCUT2D eigenvalue weighted by Gasteiger charge is -2.09. The predicted molar refractivity (Wildman–Crippen MR) is 90.5 cm³/mol. The molecule has 0 bridgehead atoms. The van der Waals surface area contributed by atoms with E-state index < -0.39 is 23.2 Å². The number of pyridine rings is 1. The second-order valence-electron chi connectivity index (χ2n) is 5.68. The standard InChI is InChI=1S/C20H15F2NO2/c1-12-3-6-14(7-4-12)16-9-10-17(19(22)18(16)21)20(24)25-15-8-5-13(2)23-11-15/h3-11H,1-2H3. The van der Waals surface area contributed by atoms with Crippen LogP contribution in [0.3, 0.4) is 0 Å². The number of hydrogen-bond acceptors (Lipinski definition) is 3. The van der Waals surface area contributed by atoms with Crippen molar-refractivity contribution in [2.45, 2.75) is 13.8 Å². The van der Waals surface area contributed by atoms with E-state index in [4.69, 9.17) is 4.74 Å². The van der Waals surface area contributed by atoms with Crippen LogP contribution in [-0.4, -0.2) is 11.0 Å². The Morgan fingerprint density at radius 2 is 1.64 bits per heavy atom. The second-order valence-corrected chi connectivity index (χ2v) is 5.68. The van der Waals surface area contributed by atoms with Crippen LogP contribution in [0, 0.1) is 25.5 Å². The summed E-state index contributed by atoms with van der Waals surface area (Å²) in [6, 6.07) is 12.8. The van der Waals surface area contributed by atoms with Crippen molar-refractivity contribution < 1.29 is 18.3 Å². The van der Waals surface area contributed by atoms with Gasteiger partial charge < -0.3 is 4.74 Å². The molecule has 0 amide bonds. The van der Waals surface area contributed by atoms with Gasteiger partial charge in [0.2, 0.25) is 0 Å². The van der Waals surface area contributed by atoms with Gasteiger partial charge in [-0.2, -0.15) is 0 Å². The number of halogens is 2. The molecule has 3 nitrogen and oxygen atoms in total. The molecular weight excluding hydrogens is 324 g/mol. The highest BCUT2D eigenvalue weighted by Gasteiger charge is 2.21. The number of ether oxygens (including phenoxy) is 1. The Bertz CT molecular complexity index is 920. The number of aromatic nitrogens is 1. The molecule has 25 heavy (non-hydrogen) atoms. The van der Waals surface area contributed by atoms with Gasteiger partial charge in [0.05, 0.1) is 11.8 Å². The molecule has 0 atom stereocenters. The van der Waals surface area contributed by atoms with Gasteiger partial charge >= 0.3 is 5.97 Å². The molecule has 0 radical (unpaired) electrons. The zero-order valence-corrected chi connectivity index (χ0v) is 13.7. The van der Waals surface area contributed by atoms with Crippen LogP contribution in [0.25, 0.3) is 11.1 Å². The van der Waals surface area contributed by atoms with Crippen LogP contribution in [-0.2, 0) is 0 Å². The summed E-state index contributed by atoms with van der Waals surface area (Å²) < 4.78 is 33.8. The molecule has 2 aromatic carbocycles. The Balaban J connectivity index is 1.90. The smallest absolute Gasteiger partial charge is 0.346 e. The fraction of sp³-hybridized carbons (Fsp3) is 0.100. The number of carbonyl (C=O) groups excluding carboxylic acids is 1. The lowest BCUT2D eigenvalue weighted by molar-refractivity contribution is 0.0728. The minimum atomic E-state index is -1.23. The van der Waals surface area contributed by atoms with E-state index in [0.29, 0.717) is 5.56 Å². The minimum Gasteiger partial charge on any atom is -0.421 e. The van der Waals surface area contributed by atoms with Crippen LogP contribution >= 0.6 is 0 Å². The number of aryl methyl sites for hydroxylation is 2. The normalized spacial score (nSPS) is 10.6. The van der Waals surface area contributed by atoms with Crippen LogP contribution in [0.15, 0.2) is 54.7 Å². The zero-order chi connectivity index (χ0) is 18.0. The molecule has 0 aliphatic carbocycles. The first-order valence-electron chi connectivity index (χ1n) is 7.65. The summed E-state index contributed by atoms with van der Waals surface area (Å²) >= 11 is 0. The molecule has 0 saturated heterocycles. The molecule has 5 heteroatoms. The van der Waals surface area contributed by atoms with E-state index in [-0.39, 0.29) is 11.3 Å². The van der Waals surface area contributed by atoms with Crippen molar-refractivity contribution >= 4 is 5.97 Å². The quantitative estimate of drug-likeness (QED) is 0.640. The molecular formula is C20H15F2NO2. The molecule has 126 valence electrons. The van der Waals surface area contributed by atoms with E-state index in [0.717, 1.165) is 11.3 Å². The fourth-order valence-corrected chi connectivity index (χ4v) is 2.34. The van der Waals surface area contributed by atoms with Gasteiger partial charge in [0, 0.05) is 11.3 Å². The highest BCUT2D eigenvalue weighted by molar-refractivity contribution is 5.92. The van der Waals surface area contributed by atoms with Crippen LogP contribution in [0.5, 0.6) is 5.75 Å². The van der Waals surface area contributed by atoms with Crippen LogP contribution in [0.4, 0.5) is 8.78 Å². The molecule has 1 heterocycles. The summed E-state index contributed by atoms with van der Waals surface area (Å²) in [5, 5.41) is 0. The molecule has 0 spiro atoms. The van der Waals surface area contributed by atoms with Crippen molar-refractivity contribution in [1.82, 2.24) is 4.98 Å². The van der Waals surface area contributed by atoms with Crippen molar-refractivity contribution in [2.24, 2.45) is 0 Å². The van der Waals surface area contributed by atoms with E-state index >= 15 is 0 Å². The molecule has 0 N–H and O–H groups in total. The maximum absolute atomic E-state index is 14.4. The molecule has 0 aliphatic heterocycles. The van der Waals surface area contributed by atoms with Gasteiger partial charge in [0.1, 0.15) is 5.75 Å². The monoisotopic (exact) mass is 339 g/mol. The third kappa shape index (κ3) is 3.55. The van der Waals surface area contributed by atoms with E-state index in [1.54, 1.807) is 37.3 Å². The zero-order valence-electron chi connectivity index (χ0n) is 13.7. The number of hydrogen-bond donors (Lipinski definition) is 0. The first-order chi connectivity index (χ1) is 12.0. The Morgan fingerprint density at radius 3 is 2.28 bits per heavy atom. The largest absolute Gasteiger partial charge is 0.421 e. The number of rotatable bonds is 3. The molecule has 0 unspecified atom stereocenters. The van der Waals surface area contributed by atoms with Gasteiger partial charge in [-0.25, -0.2) is 13.6 Å². The van der Waals surface area contributed by atoms with Crippen molar-refractivity contribution in [3.05, 3.63) is 83.2 Å². The first-order valence-corrected chi connectivity index (χ1v) is 7.65. The second kappa shape index (κ2) is 6.81. The minimum absolute atomic E-state index is 0.0889. The lowest BCUT2D eigenvalue weighted by atomic mass is 10.0. The number of nitrogens with zero attached hydrogens (tertiary/aromatic N) is 1. The van der Waals surface area contributed by atoms with Crippen molar-refractivity contribution in [3.63, 3.8) is 0 Å². The average molecular weight is 339 g/mol. The highest BCUT2D eigenvalue weighted by Crippen LogP contribution is 2.27. The van der Waals surface area contributed by atoms with Crippen molar-refractivity contribution in [1.29, 1.82) is 0 Å². The Hall–Kier alpha value is -3.08. The third-order valence-electron chi connectivity index (χ3n) is 3.76. The molecule has 0 aliphatic rings. The Morgan fingerprint density at radius 1 is 0.920 bits per heavy atom. The summed E-state index contributed by atoms with van der Waals surface area (Å²) in [7, 11) is 0. The van der Waals surface area contributed by atoms with Crippen LogP contribution in [0.1, 0.15) is 21.6 Å². The predicted octanol–water partition coefficient (Wildman–Crippen LogP) is 4.86. The first kappa shape index (κ1) is 16.8. The molecule has 3 rings (SSSR count).